The molecule has 1 aromatic heterocycles. The first-order chi connectivity index (χ1) is 10.5. The van der Waals surface area contributed by atoms with Gasteiger partial charge in [-0.3, -0.25) is 9.59 Å². The number of para-hydroxylation sites is 1. The number of methoxy groups -OCH3 is 1. The zero-order chi connectivity index (χ0) is 16.1. The number of nitrogens with one attached hydrogen (secondary N) is 2. The first-order valence-electron chi connectivity index (χ1n) is 6.93. The molecule has 22 heavy (non-hydrogen) atoms. The number of hydrogen-bond acceptors (Lipinski definition) is 4. The lowest BCUT2D eigenvalue weighted by atomic mass is 10.0. The number of hydrogen-bond donors (Lipinski definition) is 2. The highest BCUT2D eigenvalue weighted by Crippen LogP contribution is 2.19. The molecule has 1 amide bonds. The van der Waals surface area contributed by atoms with Crippen molar-refractivity contribution in [1.82, 2.24) is 10.3 Å². The number of ketones is 1. The van der Waals surface area contributed by atoms with Gasteiger partial charge in [0.25, 0.3) is 0 Å². The van der Waals surface area contributed by atoms with Crippen LogP contribution in [0.1, 0.15) is 18.9 Å². The maximum absolute atomic E-state index is 11.9. The second-order valence-electron chi connectivity index (χ2n) is 5.09. The van der Waals surface area contributed by atoms with E-state index in [1.54, 1.807) is 6.20 Å². The van der Waals surface area contributed by atoms with Crippen LogP contribution in [0.3, 0.4) is 0 Å². The molecule has 2 rings (SSSR count). The molecule has 6 heteroatoms. The summed E-state index contributed by atoms with van der Waals surface area (Å²) < 4.78 is 4.73. The molecule has 0 radical (unpaired) electrons. The van der Waals surface area contributed by atoms with Gasteiger partial charge in [-0.05, 0) is 18.6 Å². The molecule has 1 atom stereocenters. The molecule has 0 aliphatic carbocycles. The van der Waals surface area contributed by atoms with Crippen LogP contribution in [0, 0.1) is 0 Å². The van der Waals surface area contributed by atoms with Crippen LogP contribution in [0.5, 0.6) is 0 Å². The molecule has 1 heterocycles. The molecule has 1 aromatic carbocycles. The number of Topliss-reactive ketones (excluding diaryl/α,β-unsaturated/α-hetero) is 1. The second kappa shape index (κ2) is 6.89. The van der Waals surface area contributed by atoms with Gasteiger partial charge in [-0.15, -0.1) is 0 Å². The maximum atomic E-state index is 11.9. The Hall–Kier alpha value is -2.63. The Balaban J connectivity index is 2.17. The average molecular weight is 302 g/mol. The number of H-pyrrole nitrogens is 1. The quantitative estimate of drug-likeness (QED) is 0.622. The van der Waals surface area contributed by atoms with Gasteiger partial charge in [0.2, 0.25) is 5.91 Å². The van der Waals surface area contributed by atoms with E-state index in [-0.39, 0.29) is 12.2 Å². The fraction of sp³-hybridized carbons (Fsp3) is 0.312. The van der Waals surface area contributed by atoms with E-state index >= 15 is 0 Å². The summed E-state index contributed by atoms with van der Waals surface area (Å²) >= 11 is 0. The van der Waals surface area contributed by atoms with Crippen LogP contribution < -0.4 is 5.32 Å². The Morgan fingerprint density at radius 3 is 2.68 bits per heavy atom. The van der Waals surface area contributed by atoms with Gasteiger partial charge in [-0.25, -0.2) is 4.79 Å². The van der Waals surface area contributed by atoms with Gasteiger partial charge in [0, 0.05) is 23.5 Å². The average Bonchev–Trinajstić information content (AvgIpc) is 2.88. The first kappa shape index (κ1) is 15.8. The van der Waals surface area contributed by atoms with E-state index in [1.807, 2.05) is 24.3 Å². The van der Waals surface area contributed by atoms with Crippen molar-refractivity contribution in [2.24, 2.45) is 0 Å². The lowest BCUT2D eigenvalue weighted by molar-refractivity contribution is -0.145. The molecule has 0 aliphatic heterocycles. The Morgan fingerprint density at radius 2 is 2.00 bits per heavy atom. The zero-order valence-electron chi connectivity index (χ0n) is 12.5. The zero-order valence-corrected chi connectivity index (χ0v) is 12.5. The summed E-state index contributed by atoms with van der Waals surface area (Å²) in [6.07, 6.45) is 1.85. The van der Waals surface area contributed by atoms with Crippen molar-refractivity contribution >= 4 is 28.6 Å². The third-order valence-corrected chi connectivity index (χ3v) is 3.33. The third kappa shape index (κ3) is 3.72. The van der Waals surface area contributed by atoms with E-state index < -0.39 is 17.9 Å². The number of aromatic amines is 1. The van der Waals surface area contributed by atoms with Crippen molar-refractivity contribution in [3.63, 3.8) is 0 Å². The predicted octanol–water partition coefficient (Wildman–Crippen LogP) is 1.35. The summed E-state index contributed by atoms with van der Waals surface area (Å²) in [7, 11) is 1.27. The Bertz CT molecular complexity index is 705. The molecule has 116 valence electrons. The SMILES string of the molecule is COC(=O)C(Cc1c[nH]c2ccccc12)NC(=O)CC(C)=O. The minimum Gasteiger partial charge on any atom is -0.467 e. The van der Waals surface area contributed by atoms with Crippen LogP contribution in [-0.2, 0) is 25.5 Å². The minimum atomic E-state index is -0.823. The number of esters is 1. The first-order valence-corrected chi connectivity index (χ1v) is 6.93. The van der Waals surface area contributed by atoms with E-state index in [0.29, 0.717) is 6.42 Å². The lowest BCUT2D eigenvalue weighted by Gasteiger charge is -2.15. The lowest BCUT2D eigenvalue weighted by Crippen LogP contribution is -2.43. The van der Waals surface area contributed by atoms with E-state index in [4.69, 9.17) is 4.74 Å². The van der Waals surface area contributed by atoms with Crippen LogP contribution in [0.2, 0.25) is 0 Å². The fourth-order valence-corrected chi connectivity index (χ4v) is 2.33. The summed E-state index contributed by atoms with van der Waals surface area (Å²) in [6.45, 7) is 1.33. The Labute approximate surface area is 127 Å². The van der Waals surface area contributed by atoms with Crippen LogP contribution in [0.25, 0.3) is 10.9 Å². The standard InChI is InChI=1S/C16H18N2O4/c1-10(19)7-15(20)18-14(16(21)22-2)8-11-9-17-13-6-4-3-5-12(11)13/h3-6,9,14,17H,7-8H2,1-2H3,(H,18,20). The van der Waals surface area contributed by atoms with Gasteiger partial charge in [0.1, 0.15) is 11.8 Å². The van der Waals surface area contributed by atoms with E-state index in [9.17, 15) is 14.4 Å². The number of ether oxygens (including phenoxy) is 1. The van der Waals surface area contributed by atoms with Gasteiger partial charge < -0.3 is 15.0 Å². The number of carbonyl (C=O) groups excluding carboxylic acids is 3. The van der Waals surface area contributed by atoms with Crippen LogP contribution in [0.15, 0.2) is 30.5 Å². The molecule has 0 spiro atoms. The molecular weight excluding hydrogens is 284 g/mol. The van der Waals surface area contributed by atoms with Crippen molar-refractivity contribution in [1.29, 1.82) is 0 Å². The normalized spacial score (nSPS) is 11.9. The summed E-state index contributed by atoms with van der Waals surface area (Å²) in [6, 6.07) is 6.86. The maximum Gasteiger partial charge on any atom is 0.328 e. The highest BCUT2D eigenvalue weighted by Gasteiger charge is 2.23. The predicted molar refractivity (Wildman–Crippen MR) is 81.2 cm³/mol. The highest BCUT2D eigenvalue weighted by atomic mass is 16.5. The third-order valence-electron chi connectivity index (χ3n) is 3.33. The summed E-state index contributed by atoms with van der Waals surface area (Å²) in [5.41, 5.74) is 1.85. The van der Waals surface area contributed by atoms with Crippen molar-refractivity contribution in [3.05, 3.63) is 36.0 Å². The summed E-state index contributed by atoms with van der Waals surface area (Å²) in [5.74, 6) is -1.28. The van der Waals surface area contributed by atoms with Crippen LogP contribution in [-0.4, -0.2) is 35.8 Å². The van der Waals surface area contributed by atoms with Crippen LogP contribution >= 0.6 is 0 Å². The van der Waals surface area contributed by atoms with E-state index in [2.05, 4.69) is 10.3 Å². The molecule has 0 bridgehead atoms. The van der Waals surface area contributed by atoms with Gasteiger partial charge in [0.05, 0.1) is 13.5 Å². The van der Waals surface area contributed by atoms with Crippen molar-refractivity contribution in [2.45, 2.75) is 25.8 Å². The molecule has 0 aliphatic rings. The number of amides is 1. The number of fused-ring (bicyclic) bond motifs is 1. The summed E-state index contributed by atoms with van der Waals surface area (Å²) in [5, 5.41) is 3.54. The largest absolute Gasteiger partial charge is 0.467 e. The van der Waals surface area contributed by atoms with Gasteiger partial charge >= 0.3 is 5.97 Å². The monoisotopic (exact) mass is 302 g/mol. The van der Waals surface area contributed by atoms with E-state index in [1.165, 1.54) is 14.0 Å². The van der Waals surface area contributed by atoms with Crippen LogP contribution in [0.4, 0.5) is 0 Å². The highest BCUT2D eigenvalue weighted by molar-refractivity contribution is 5.98. The van der Waals surface area contributed by atoms with E-state index in [0.717, 1.165) is 16.5 Å². The molecule has 0 fully saturated rings. The molecule has 0 saturated carbocycles. The molecule has 1 unspecified atom stereocenters. The molecule has 6 nitrogen and oxygen atoms in total. The van der Waals surface area contributed by atoms with Crippen molar-refractivity contribution in [3.8, 4) is 0 Å². The minimum absolute atomic E-state index is 0.249. The number of carbonyl (C=O) groups is 3. The summed E-state index contributed by atoms with van der Waals surface area (Å²) in [4.78, 5) is 37.7. The smallest absolute Gasteiger partial charge is 0.328 e. The van der Waals surface area contributed by atoms with Crippen molar-refractivity contribution < 1.29 is 19.1 Å². The van der Waals surface area contributed by atoms with Gasteiger partial charge in [0.15, 0.2) is 0 Å². The van der Waals surface area contributed by atoms with Crippen molar-refractivity contribution in [2.75, 3.05) is 7.11 Å². The topological polar surface area (TPSA) is 88.3 Å². The molecule has 2 aromatic rings. The molecule has 2 N–H and O–H groups in total. The number of benzene rings is 1. The van der Waals surface area contributed by atoms with Gasteiger partial charge in [-0.2, -0.15) is 0 Å². The fourth-order valence-electron chi connectivity index (χ4n) is 2.33. The molecular formula is C16H18N2O4. The number of aromatic nitrogens is 1. The van der Waals surface area contributed by atoms with Gasteiger partial charge in [-0.1, -0.05) is 18.2 Å². The molecule has 0 saturated heterocycles. The Morgan fingerprint density at radius 1 is 1.27 bits per heavy atom. The number of rotatable bonds is 6. The second-order valence-corrected chi connectivity index (χ2v) is 5.09. The Kier molecular flexibility index (Phi) is 4.93.